The molecular formula is C13H19NO2. The lowest BCUT2D eigenvalue weighted by atomic mass is 10.1. The van der Waals surface area contributed by atoms with Crippen LogP contribution in [0.1, 0.15) is 24.8 Å². The van der Waals surface area contributed by atoms with Crippen molar-refractivity contribution in [1.82, 2.24) is 0 Å². The first-order valence-electron chi connectivity index (χ1n) is 5.99. The smallest absolute Gasteiger partial charge is 0.161 e. The van der Waals surface area contributed by atoms with Crippen molar-refractivity contribution >= 4 is 0 Å². The normalized spacial score (nSPS) is 14.6. The maximum atomic E-state index is 5.65. The van der Waals surface area contributed by atoms with Gasteiger partial charge >= 0.3 is 0 Å². The van der Waals surface area contributed by atoms with Crippen LogP contribution in [0.15, 0.2) is 18.2 Å². The van der Waals surface area contributed by atoms with E-state index in [0.717, 1.165) is 56.9 Å². The second kappa shape index (κ2) is 5.75. The summed E-state index contributed by atoms with van der Waals surface area (Å²) in [6.07, 6.45) is 4.23. The van der Waals surface area contributed by atoms with Gasteiger partial charge in [0.25, 0.3) is 0 Å². The van der Waals surface area contributed by atoms with E-state index in [1.165, 1.54) is 5.56 Å². The number of fused-ring (bicyclic) bond motifs is 1. The third kappa shape index (κ3) is 2.89. The van der Waals surface area contributed by atoms with Gasteiger partial charge in [-0.25, -0.2) is 0 Å². The molecule has 1 aromatic carbocycles. The van der Waals surface area contributed by atoms with Crippen LogP contribution in [0.3, 0.4) is 0 Å². The summed E-state index contributed by atoms with van der Waals surface area (Å²) >= 11 is 0. The van der Waals surface area contributed by atoms with Crippen molar-refractivity contribution < 1.29 is 9.47 Å². The topological polar surface area (TPSA) is 44.5 Å². The molecule has 2 N–H and O–H groups in total. The first-order valence-corrected chi connectivity index (χ1v) is 5.99. The third-order valence-corrected chi connectivity index (χ3v) is 2.73. The van der Waals surface area contributed by atoms with Crippen LogP contribution in [-0.2, 0) is 6.42 Å². The molecule has 16 heavy (non-hydrogen) atoms. The van der Waals surface area contributed by atoms with E-state index in [-0.39, 0.29) is 0 Å². The van der Waals surface area contributed by atoms with Crippen LogP contribution in [0.5, 0.6) is 11.5 Å². The predicted octanol–water partition coefficient (Wildman–Crippen LogP) is 2.13. The van der Waals surface area contributed by atoms with Gasteiger partial charge in [-0.3, -0.25) is 0 Å². The number of ether oxygens (including phenoxy) is 2. The summed E-state index contributed by atoms with van der Waals surface area (Å²) in [5.74, 6) is 1.77. The average Bonchev–Trinajstić information content (AvgIpc) is 2.54. The molecule has 0 saturated carbocycles. The van der Waals surface area contributed by atoms with Crippen molar-refractivity contribution in [2.24, 2.45) is 5.73 Å². The van der Waals surface area contributed by atoms with Crippen molar-refractivity contribution in [1.29, 1.82) is 0 Å². The van der Waals surface area contributed by atoms with Gasteiger partial charge in [-0.05, 0) is 43.5 Å². The van der Waals surface area contributed by atoms with Crippen LogP contribution in [0.4, 0.5) is 0 Å². The van der Waals surface area contributed by atoms with Crippen LogP contribution in [-0.4, -0.2) is 19.8 Å². The predicted molar refractivity (Wildman–Crippen MR) is 64.0 cm³/mol. The second-order valence-electron chi connectivity index (χ2n) is 4.08. The minimum atomic E-state index is 0.749. The molecule has 0 spiro atoms. The van der Waals surface area contributed by atoms with Crippen LogP contribution >= 0.6 is 0 Å². The Morgan fingerprint density at radius 1 is 1.06 bits per heavy atom. The Morgan fingerprint density at radius 2 is 1.88 bits per heavy atom. The molecule has 1 aliphatic rings. The van der Waals surface area contributed by atoms with Crippen LogP contribution in [0, 0.1) is 0 Å². The van der Waals surface area contributed by atoms with Crippen LogP contribution < -0.4 is 15.2 Å². The molecule has 0 saturated heterocycles. The van der Waals surface area contributed by atoms with Gasteiger partial charge in [-0.15, -0.1) is 0 Å². The zero-order valence-corrected chi connectivity index (χ0v) is 9.58. The summed E-state index contributed by atoms with van der Waals surface area (Å²) in [6.45, 7) is 2.27. The number of unbranched alkanes of at least 4 members (excludes halogenated alkanes) is 1. The molecular weight excluding hydrogens is 202 g/mol. The number of hydrogen-bond acceptors (Lipinski definition) is 3. The summed E-state index contributed by atoms with van der Waals surface area (Å²) in [5.41, 5.74) is 6.78. The van der Waals surface area contributed by atoms with Gasteiger partial charge in [-0.2, -0.15) is 0 Å². The lowest BCUT2D eigenvalue weighted by Crippen LogP contribution is -1.99. The Hall–Kier alpha value is -1.22. The lowest BCUT2D eigenvalue weighted by molar-refractivity contribution is 0.297. The number of benzene rings is 1. The highest BCUT2D eigenvalue weighted by atomic mass is 16.5. The molecule has 0 fully saturated rings. The fourth-order valence-corrected chi connectivity index (χ4v) is 1.84. The zero-order chi connectivity index (χ0) is 11.2. The highest BCUT2D eigenvalue weighted by Crippen LogP contribution is 2.30. The van der Waals surface area contributed by atoms with Crippen LogP contribution in [0.25, 0.3) is 0 Å². The van der Waals surface area contributed by atoms with E-state index in [9.17, 15) is 0 Å². The Bertz CT molecular complexity index is 339. The maximum absolute atomic E-state index is 5.65. The number of aryl methyl sites for hydroxylation is 1. The summed E-state index contributed by atoms with van der Waals surface area (Å²) in [4.78, 5) is 0. The molecule has 0 unspecified atom stereocenters. The molecule has 0 aliphatic carbocycles. The molecule has 88 valence electrons. The van der Waals surface area contributed by atoms with Gasteiger partial charge in [-0.1, -0.05) is 6.07 Å². The molecule has 3 heteroatoms. The number of hydrogen-bond donors (Lipinski definition) is 1. The fourth-order valence-electron chi connectivity index (χ4n) is 1.84. The Morgan fingerprint density at radius 3 is 2.69 bits per heavy atom. The molecule has 2 rings (SSSR count). The van der Waals surface area contributed by atoms with E-state index in [1.807, 2.05) is 6.07 Å². The molecule has 0 atom stereocenters. The van der Waals surface area contributed by atoms with Gasteiger partial charge < -0.3 is 15.2 Å². The van der Waals surface area contributed by atoms with Crippen molar-refractivity contribution in [3.05, 3.63) is 23.8 Å². The Balaban J connectivity index is 2.02. The first kappa shape index (κ1) is 11.3. The molecule has 0 amide bonds. The van der Waals surface area contributed by atoms with Crippen molar-refractivity contribution in [3.8, 4) is 11.5 Å². The van der Waals surface area contributed by atoms with Crippen LogP contribution in [0.2, 0.25) is 0 Å². The molecule has 1 heterocycles. The highest BCUT2D eigenvalue weighted by Gasteiger charge is 2.10. The van der Waals surface area contributed by atoms with E-state index >= 15 is 0 Å². The molecule has 3 nitrogen and oxygen atoms in total. The summed E-state index contributed by atoms with van der Waals surface area (Å²) in [7, 11) is 0. The van der Waals surface area contributed by atoms with E-state index in [4.69, 9.17) is 15.2 Å². The number of nitrogens with two attached hydrogens (primary N) is 1. The van der Waals surface area contributed by atoms with E-state index in [0.29, 0.717) is 0 Å². The standard InChI is InChI=1S/C13H19NO2/c14-7-2-1-4-11-5-6-12-13(10-11)16-9-3-8-15-12/h5-6,10H,1-4,7-9,14H2. The Kier molecular flexibility index (Phi) is 4.05. The van der Waals surface area contributed by atoms with Gasteiger partial charge in [0.1, 0.15) is 0 Å². The zero-order valence-electron chi connectivity index (χ0n) is 9.58. The first-order chi connectivity index (χ1) is 7.90. The molecule has 0 bridgehead atoms. The van der Waals surface area contributed by atoms with Gasteiger partial charge in [0.2, 0.25) is 0 Å². The largest absolute Gasteiger partial charge is 0.490 e. The average molecular weight is 221 g/mol. The van der Waals surface area contributed by atoms with E-state index in [1.54, 1.807) is 0 Å². The summed E-state index contributed by atoms with van der Waals surface area (Å²) < 4.78 is 11.2. The van der Waals surface area contributed by atoms with Gasteiger partial charge in [0, 0.05) is 6.42 Å². The van der Waals surface area contributed by atoms with Crippen molar-refractivity contribution in [2.75, 3.05) is 19.8 Å². The van der Waals surface area contributed by atoms with E-state index < -0.39 is 0 Å². The third-order valence-electron chi connectivity index (χ3n) is 2.73. The molecule has 1 aliphatic heterocycles. The molecule has 0 radical (unpaired) electrons. The fraction of sp³-hybridized carbons (Fsp3) is 0.538. The summed E-state index contributed by atoms with van der Waals surface area (Å²) in [6, 6.07) is 6.22. The maximum Gasteiger partial charge on any atom is 0.161 e. The molecule has 1 aromatic rings. The molecule has 0 aromatic heterocycles. The minimum Gasteiger partial charge on any atom is -0.490 e. The van der Waals surface area contributed by atoms with Gasteiger partial charge in [0.05, 0.1) is 13.2 Å². The number of rotatable bonds is 4. The summed E-state index contributed by atoms with van der Waals surface area (Å²) in [5, 5.41) is 0. The van der Waals surface area contributed by atoms with E-state index in [2.05, 4.69) is 12.1 Å². The monoisotopic (exact) mass is 221 g/mol. The highest BCUT2D eigenvalue weighted by molar-refractivity contribution is 5.43. The second-order valence-corrected chi connectivity index (χ2v) is 4.08. The van der Waals surface area contributed by atoms with Crippen molar-refractivity contribution in [2.45, 2.75) is 25.7 Å². The van der Waals surface area contributed by atoms with Gasteiger partial charge in [0.15, 0.2) is 11.5 Å². The quantitative estimate of drug-likeness (QED) is 0.792. The minimum absolute atomic E-state index is 0.749. The SMILES string of the molecule is NCCCCc1ccc2c(c1)OCCCO2. The lowest BCUT2D eigenvalue weighted by Gasteiger charge is -2.09. The Labute approximate surface area is 96.5 Å². The van der Waals surface area contributed by atoms with Crippen molar-refractivity contribution in [3.63, 3.8) is 0 Å².